The molecular formula is C15H22N2O3. The van der Waals surface area contributed by atoms with Crippen molar-refractivity contribution in [2.24, 2.45) is 0 Å². The lowest BCUT2D eigenvalue weighted by molar-refractivity contribution is 0.0636. The number of benzene rings is 1. The fraction of sp³-hybridized carbons (Fsp3) is 0.533. The summed E-state index contributed by atoms with van der Waals surface area (Å²) in [5, 5.41) is 5.94. The molecule has 1 heterocycles. The van der Waals surface area contributed by atoms with Gasteiger partial charge in [-0.3, -0.25) is 5.32 Å². The molecule has 1 fully saturated rings. The first-order chi connectivity index (χ1) is 9.42. The minimum atomic E-state index is -0.497. The molecule has 1 aliphatic heterocycles. The van der Waals surface area contributed by atoms with Crippen LogP contribution in [-0.4, -0.2) is 30.9 Å². The maximum Gasteiger partial charge on any atom is 0.412 e. The average Bonchev–Trinajstić information content (AvgIpc) is 2.82. The second-order valence-corrected chi connectivity index (χ2v) is 5.88. The predicted octanol–water partition coefficient (Wildman–Crippen LogP) is 2.77. The van der Waals surface area contributed by atoms with Crippen LogP contribution in [0.5, 0.6) is 5.75 Å². The van der Waals surface area contributed by atoms with Gasteiger partial charge in [0.15, 0.2) is 0 Å². The van der Waals surface area contributed by atoms with Crippen LogP contribution in [0.2, 0.25) is 0 Å². The molecule has 110 valence electrons. The fourth-order valence-electron chi connectivity index (χ4n) is 1.96. The lowest BCUT2D eigenvalue weighted by atomic mass is 10.2. The molecule has 5 nitrogen and oxygen atoms in total. The Morgan fingerprint density at radius 2 is 2.00 bits per heavy atom. The number of carbonyl (C=O) groups excluding carboxylic acids is 1. The topological polar surface area (TPSA) is 59.6 Å². The standard InChI is InChI=1S/C15H22N2O3/c1-15(2,3)20-14(18)17-11-4-6-12(7-5-11)19-13-8-9-16-10-13/h4-7,13,16H,8-10H2,1-3H3,(H,17,18). The van der Waals surface area contributed by atoms with Crippen molar-refractivity contribution in [2.45, 2.75) is 38.9 Å². The highest BCUT2D eigenvalue weighted by atomic mass is 16.6. The van der Waals surface area contributed by atoms with E-state index in [4.69, 9.17) is 9.47 Å². The SMILES string of the molecule is CC(C)(C)OC(=O)Nc1ccc(OC2CCNC2)cc1. The number of hydrogen-bond donors (Lipinski definition) is 2. The molecule has 2 rings (SSSR count). The third-order valence-corrected chi connectivity index (χ3v) is 2.82. The largest absolute Gasteiger partial charge is 0.489 e. The van der Waals surface area contributed by atoms with Crippen LogP contribution in [0.15, 0.2) is 24.3 Å². The highest BCUT2D eigenvalue weighted by molar-refractivity contribution is 5.84. The summed E-state index contributed by atoms with van der Waals surface area (Å²) in [4.78, 5) is 11.6. The zero-order valence-corrected chi connectivity index (χ0v) is 12.2. The number of carbonyl (C=O) groups is 1. The van der Waals surface area contributed by atoms with Gasteiger partial charge in [0.05, 0.1) is 0 Å². The van der Waals surface area contributed by atoms with E-state index in [1.807, 2.05) is 45.0 Å². The Bertz CT molecular complexity index is 445. The van der Waals surface area contributed by atoms with Crippen LogP contribution in [0.3, 0.4) is 0 Å². The predicted molar refractivity (Wildman–Crippen MR) is 78.2 cm³/mol. The highest BCUT2D eigenvalue weighted by Gasteiger charge is 2.17. The van der Waals surface area contributed by atoms with Gasteiger partial charge in [-0.15, -0.1) is 0 Å². The van der Waals surface area contributed by atoms with Crippen LogP contribution >= 0.6 is 0 Å². The normalized spacial score (nSPS) is 18.6. The molecule has 1 aromatic carbocycles. The molecule has 1 amide bonds. The minimum Gasteiger partial charge on any atom is -0.489 e. The zero-order valence-electron chi connectivity index (χ0n) is 12.2. The van der Waals surface area contributed by atoms with Crippen molar-refractivity contribution >= 4 is 11.8 Å². The van der Waals surface area contributed by atoms with E-state index in [1.165, 1.54) is 0 Å². The van der Waals surface area contributed by atoms with Gasteiger partial charge in [-0.05, 0) is 58.0 Å². The van der Waals surface area contributed by atoms with Crippen molar-refractivity contribution in [2.75, 3.05) is 18.4 Å². The Kier molecular flexibility index (Phi) is 4.49. The van der Waals surface area contributed by atoms with Crippen LogP contribution in [-0.2, 0) is 4.74 Å². The summed E-state index contributed by atoms with van der Waals surface area (Å²) in [5.74, 6) is 0.813. The van der Waals surface area contributed by atoms with E-state index in [9.17, 15) is 4.79 Å². The molecule has 0 saturated carbocycles. The molecule has 0 bridgehead atoms. The monoisotopic (exact) mass is 278 g/mol. The second kappa shape index (κ2) is 6.13. The zero-order chi connectivity index (χ0) is 14.6. The van der Waals surface area contributed by atoms with E-state index in [2.05, 4.69) is 10.6 Å². The minimum absolute atomic E-state index is 0.236. The summed E-state index contributed by atoms with van der Waals surface area (Å²) in [6, 6.07) is 7.32. The van der Waals surface area contributed by atoms with Crippen LogP contribution in [0.25, 0.3) is 0 Å². The van der Waals surface area contributed by atoms with Gasteiger partial charge in [0, 0.05) is 12.2 Å². The summed E-state index contributed by atoms with van der Waals surface area (Å²) in [5.41, 5.74) is 0.193. The molecule has 0 spiro atoms. The summed E-state index contributed by atoms with van der Waals surface area (Å²) in [6.45, 7) is 7.39. The Morgan fingerprint density at radius 1 is 1.30 bits per heavy atom. The van der Waals surface area contributed by atoms with Crippen molar-refractivity contribution in [1.29, 1.82) is 0 Å². The third kappa shape index (κ3) is 4.74. The number of hydrogen-bond acceptors (Lipinski definition) is 4. The number of ether oxygens (including phenoxy) is 2. The molecule has 1 unspecified atom stereocenters. The molecule has 5 heteroatoms. The van der Waals surface area contributed by atoms with E-state index in [0.717, 1.165) is 25.3 Å². The Balaban J connectivity index is 1.86. The molecule has 1 saturated heterocycles. The summed E-state index contributed by atoms with van der Waals surface area (Å²) in [7, 11) is 0. The van der Waals surface area contributed by atoms with Crippen molar-refractivity contribution in [3.05, 3.63) is 24.3 Å². The Hall–Kier alpha value is -1.75. The fourth-order valence-corrected chi connectivity index (χ4v) is 1.96. The van der Waals surface area contributed by atoms with Crippen molar-refractivity contribution in [3.8, 4) is 5.75 Å². The summed E-state index contributed by atoms with van der Waals surface area (Å²) in [6.07, 6.45) is 0.809. The van der Waals surface area contributed by atoms with Gasteiger partial charge in [-0.1, -0.05) is 0 Å². The van der Waals surface area contributed by atoms with Gasteiger partial charge in [0.25, 0.3) is 0 Å². The van der Waals surface area contributed by atoms with Crippen molar-refractivity contribution < 1.29 is 14.3 Å². The molecule has 0 aromatic heterocycles. The van der Waals surface area contributed by atoms with Crippen molar-refractivity contribution in [1.82, 2.24) is 5.32 Å². The van der Waals surface area contributed by atoms with E-state index >= 15 is 0 Å². The lowest BCUT2D eigenvalue weighted by Gasteiger charge is -2.19. The highest BCUT2D eigenvalue weighted by Crippen LogP contribution is 2.19. The summed E-state index contributed by atoms with van der Waals surface area (Å²) >= 11 is 0. The molecule has 0 aliphatic carbocycles. The van der Waals surface area contributed by atoms with E-state index in [0.29, 0.717) is 5.69 Å². The number of nitrogens with one attached hydrogen (secondary N) is 2. The quantitative estimate of drug-likeness (QED) is 0.892. The van der Waals surface area contributed by atoms with Gasteiger partial charge in [0.1, 0.15) is 17.5 Å². The first-order valence-electron chi connectivity index (χ1n) is 6.90. The first kappa shape index (κ1) is 14.7. The van der Waals surface area contributed by atoms with Gasteiger partial charge in [-0.25, -0.2) is 4.79 Å². The van der Waals surface area contributed by atoms with Gasteiger partial charge < -0.3 is 14.8 Å². The Labute approximate surface area is 119 Å². The van der Waals surface area contributed by atoms with Gasteiger partial charge in [0.2, 0.25) is 0 Å². The van der Waals surface area contributed by atoms with Gasteiger partial charge >= 0.3 is 6.09 Å². The van der Waals surface area contributed by atoms with Gasteiger partial charge in [-0.2, -0.15) is 0 Å². The van der Waals surface area contributed by atoms with Crippen molar-refractivity contribution in [3.63, 3.8) is 0 Å². The number of anilines is 1. The maximum atomic E-state index is 11.6. The Morgan fingerprint density at radius 3 is 2.55 bits per heavy atom. The maximum absolute atomic E-state index is 11.6. The number of amides is 1. The van der Waals surface area contributed by atoms with E-state index in [1.54, 1.807) is 0 Å². The molecule has 1 atom stereocenters. The lowest BCUT2D eigenvalue weighted by Crippen LogP contribution is -2.27. The van der Waals surface area contributed by atoms with Crippen LogP contribution < -0.4 is 15.4 Å². The van der Waals surface area contributed by atoms with E-state index in [-0.39, 0.29) is 6.10 Å². The second-order valence-electron chi connectivity index (χ2n) is 5.88. The molecular weight excluding hydrogens is 256 g/mol. The third-order valence-electron chi connectivity index (χ3n) is 2.82. The number of rotatable bonds is 3. The summed E-state index contributed by atoms with van der Waals surface area (Å²) < 4.78 is 11.0. The van der Waals surface area contributed by atoms with Crippen LogP contribution in [0.4, 0.5) is 10.5 Å². The molecule has 1 aromatic rings. The van der Waals surface area contributed by atoms with Crippen LogP contribution in [0.1, 0.15) is 27.2 Å². The molecule has 20 heavy (non-hydrogen) atoms. The average molecular weight is 278 g/mol. The molecule has 2 N–H and O–H groups in total. The molecule has 1 aliphatic rings. The molecule has 0 radical (unpaired) electrons. The first-order valence-corrected chi connectivity index (χ1v) is 6.90. The smallest absolute Gasteiger partial charge is 0.412 e. The van der Waals surface area contributed by atoms with E-state index < -0.39 is 11.7 Å². The van der Waals surface area contributed by atoms with Crippen LogP contribution in [0, 0.1) is 0 Å².